The van der Waals surface area contributed by atoms with E-state index in [9.17, 15) is 4.79 Å². The smallest absolute Gasteiger partial charge is 0.321 e. The predicted octanol–water partition coefficient (Wildman–Crippen LogP) is 4.82. The molecule has 2 fully saturated rings. The van der Waals surface area contributed by atoms with Crippen LogP contribution in [0.4, 0.5) is 16.3 Å². The van der Waals surface area contributed by atoms with Crippen molar-refractivity contribution in [3.8, 4) is 22.5 Å². The van der Waals surface area contributed by atoms with E-state index in [4.69, 9.17) is 9.72 Å². The Morgan fingerprint density at radius 2 is 1.91 bits per heavy atom. The zero-order chi connectivity index (χ0) is 24.2. The number of benzene rings is 1. The molecule has 184 valence electrons. The number of anilines is 2. The molecule has 1 N–H and O–H groups in total. The van der Waals surface area contributed by atoms with Crippen molar-refractivity contribution in [3.63, 3.8) is 0 Å². The van der Waals surface area contributed by atoms with Gasteiger partial charge in [0.1, 0.15) is 11.5 Å². The van der Waals surface area contributed by atoms with E-state index in [0.29, 0.717) is 13.2 Å². The molecule has 2 aliphatic heterocycles. The zero-order valence-electron chi connectivity index (χ0n) is 19.6. The molecule has 3 aromatic rings. The molecule has 2 aliphatic rings. The molecule has 0 radical (unpaired) electrons. The van der Waals surface area contributed by atoms with E-state index in [0.717, 1.165) is 84.5 Å². The Hall–Kier alpha value is -2.38. The van der Waals surface area contributed by atoms with Crippen molar-refractivity contribution in [2.45, 2.75) is 25.6 Å². The van der Waals surface area contributed by atoms with Gasteiger partial charge in [0.25, 0.3) is 0 Å². The minimum Gasteiger partial charge on any atom is -0.378 e. The molecule has 2 amide bonds. The molecule has 4 heterocycles. The van der Waals surface area contributed by atoms with Gasteiger partial charge in [-0.15, -0.1) is 5.10 Å². The Labute approximate surface area is 221 Å². The van der Waals surface area contributed by atoms with Crippen LogP contribution >= 0.6 is 30.1 Å². The summed E-state index contributed by atoms with van der Waals surface area (Å²) in [6.45, 7) is 6.67. The maximum absolute atomic E-state index is 12.7. The van der Waals surface area contributed by atoms with Crippen LogP contribution in [-0.2, 0) is 10.6 Å². The molecule has 0 atom stereocenters. The third kappa shape index (κ3) is 5.72. The summed E-state index contributed by atoms with van der Waals surface area (Å²) in [5.41, 5.74) is 5.52. The first kappa shape index (κ1) is 24.3. The molecule has 0 spiro atoms. The second-order valence-electron chi connectivity index (χ2n) is 8.73. The number of pyridine rings is 1. The standard InChI is InChI=1S/C24H28IN7O2S/c1-17-4-5-19(26-24(33)31-6-2-3-7-31)14-20(17)18-12-21(22-15-32(16-35-25)29-28-22)27-23(13-18)30-8-10-34-11-9-30/h4-5,12-15H,2-3,6-11,16H2,1H3,(H,26,33). The Kier molecular flexibility index (Phi) is 7.73. The van der Waals surface area contributed by atoms with Gasteiger partial charge in [-0.25, -0.2) is 14.5 Å². The monoisotopic (exact) mass is 605 g/mol. The van der Waals surface area contributed by atoms with Gasteiger partial charge < -0.3 is 19.9 Å². The fraction of sp³-hybridized carbons (Fsp3) is 0.417. The number of ether oxygens (including phenoxy) is 1. The number of aryl methyl sites for hydroxylation is 1. The van der Waals surface area contributed by atoms with Gasteiger partial charge in [-0.05, 0) is 81.9 Å². The molecule has 9 nitrogen and oxygen atoms in total. The van der Waals surface area contributed by atoms with Crippen LogP contribution in [0.3, 0.4) is 0 Å². The van der Waals surface area contributed by atoms with Gasteiger partial charge in [-0.2, -0.15) is 0 Å². The highest BCUT2D eigenvalue weighted by atomic mass is 127. The van der Waals surface area contributed by atoms with E-state index in [1.807, 2.05) is 21.8 Å². The fourth-order valence-corrected chi connectivity index (χ4v) is 5.50. The molecule has 2 saturated heterocycles. The van der Waals surface area contributed by atoms with E-state index in [1.54, 1.807) is 8.93 Å². The molecule has 0 bridgehead atoms. The zero-order valence-corrected chi connectivity index (χ0v) is 22.6. The molecule has 35 heavy (non-hydrogen) atoms. The van der Waals surface area contributed by atoms with Crippen molar-refractivity contribution in [1.82, 2.24) is 24.9 Å². The summed E-state index contributed by atoms with van der Waals surface area (Å²) in [6.07, 6.45) is 4.07. The topological polar surface area (TPSA) is 88.4 Å². The third-order valence-corrected chi connectivity index (χ3v) is 7.52. The SMILES string of the molecule is Cc1ccc(NC(=O)N2CCCC2)cc1-c1cc(-c2cn(CSI)nn2)nc(N2CCOCC2)c1. The van der Waals surface area contributed by atoms with Crippen molar-refractivity contribution in [2.24, 2.45) is 0 Å². The first-order valence-corrected chi connectivity index (χ1v) is 15.3. The first-order chi connectivity index (χ1) is 17.1. The van der Waals surface area contributed by atoms with Gasteiger partial charge in [0.15, 0.2) is 0 Å². The second kappa shape index (κ2) is 11.1. The largest absolute Gasteiger partial charge is 0.378 e. The molecule has 0 saturated carbocycles. The quantitative estimate of drug-likeness (QED) is 0.404. The molecule has 2 aromatic heterocycles. The van der Waals surface area contributed by atoms with Crippen LogP contribution in [-0.4, -0.2) is 70.3 Å². The van der Waals surface area contributed by atoms with Crippen molar-refractivity contribution in [2.75, 3.05) is 49.6 Å². The fourth-order valence-electron chi connectivity index (χ4n) is 4.42. The Morgan fingerprint density at radius 1 is 1.11 bits per heavy atom. The molecular formula is C24H28IN7O2S. The van der Waals surface area contributed by atoms with Gasteiger partial charge in [0.05, 0.1) is 31.0 Å². The summed E-state index contributed by atoms with van der Waals surface area (Å²) in [7, 11) is 1.66. The van der Waals surface area contributed by atoms with Gasteiger partial charge in [-0.3, -0.25) is 0 Å². The van der Waals surface area contributed by atoms with E-state index in [2.05, 4.69) is 72.9 Å². The maximum Gasteiger partial charge on any atom is 0.321 e. The van der Waals surface area contributed by atoms with Gasteiger partial charge in [0.2, 0.25) is 0 Å². The second-order valence-corrected chi connectivity index (χ2v) is 11.1. The van der Waals surface area contributed by atoms with E-state index < -0.39 is 0 Å². The van der Waals surface area contributed by atoms with Crippen LogP contribution in [0.1, 0.15) is 18.4 Å². The van der Waals surface area contributed by atoms with Gasteiger partial charge >= 0.3 is 6.03 Å². The summed E-state index contributed by atoms with van der Waals surface area (Å²) in [5.74, 6) is 1.62. The first-order valence-electron chi connectivity index (χ1n) is 11.8. The number of likely N-dealkylation sites (tertiary alicyclic amines) is 1. The van der Waals surface area contributed by atoms with Crippen LogP contribution < -0.4 is 10.2 Å². The number of hydrogen-bond donors (Lipinski definition) is 1. The van der Waals surface area contributed by atoms with E-state index >= 15 is 0 Å². The van der Waals surface area contributed by atoms with Crippen LogP contribution in [0.25, 0.3) is 22.5 Å². The molecule has 1 aromatic carbocycles. The Bertz CT molecular complexity index is 1190. The summed E-state index contributed by atoms with van der Waals surface area (Å²) in [5, 5.41) is 11.7. The lowest BCUT2D eigenvalue weighted by atomic mass is 9.99. The van der Waals surface area contributed by atoms with Crippen molar-refractivity contribution in [3.05, 3.63) is 42.1 Å². The lowest BCUT2D eigenvalue weighted by molar-refractivity contribution is 0.122. The lowest BCUT2D eigenvalue weighted by Gasteiger charge is -2.28. The number of morpholine rings is 1. The van der Waals surface area contributed by atoms with Crippen molar-refractivity contribution < 1.29 is 9.53 Å². The molecule has 5 rings (SSSR count). The number of hydrogen-bond acceptors (Lipinski definition) is 7. The highest BCUT2D eigenvalue weighted by Gasteiger charge is 2.20. The Morgan fingerprint density at radius 3 is 2.69 bits per heavy atom. The van der Waals surface area contributed by atoms with E-state index in [-0.39, 0.29) is 6.03 Å². The molecular weight excluding hydrogens is 577 g/mol. The normalized spacial score (nSPS) is 16.1. The number of carbonyl (C=O) groups is 1. The number of nitrogens with zero attached hydrogens (tertiary/aromatic N) is 6. The number of urea groups is 1. The molecule has 11 heteroatoms. The van der Waals surface area contributed by atoms with Gasteiger partial charge in [-0.1, -0.05) is 20.2 Å². The maximum atomic E-state index is 12.7. The number of nitrogens with one attached hydrogen (secondary N) is 1. The average molecular weight is 606 g/mol. The van der Waals surface area contributed by atoms with Crippen LogP contribution in [0.5, 0.6) is 0 Å². The number of halogens is 1. The highest BCUT2D eigenvalue weighted by molar-refractivity contribution is 14.2. The number of carbonyl (C=O) groups excluding carboxylic acids is 1. The van der Waals surface area contributed by atoms with Crippen molar-refractivity contribution >= 4 is 47.7 Å². The highest BCUT2D eigenvalue weighted by Crippen LogP contribution is 2.33. The summed E-state index contributed by atoms with van der Waals surface area (Å²) in [6, 6.07) is 10.2. The minimum absolute atomic E-state index is 0.0357. The van der Waals surface area contributed by atoms with Gasteiger partial charge in [0, 0.05) is 31.9 Å². The third-order valence-electron chi connectivity index (χ3n) is 6.32. The Balaban J connectivity index is 1.51. The van der Waals surface area contributed by atoms with Crippen LogP contribution in [0, 0.1) is 6.92 Å². The summed E-state index contributed by atoms with van der Waals surface area (Å²) in [4.78, 5) is 21.7. The summed E-state index contributed by atoms with van der Waals surface area (Å²) < 4.78 is 7.37. The van der Waals surface area contributed by atoms with Crippen molar-refractivity contribution in [1.29, 1.82) is 0 Å². The van der Waals surface area contributed by atoms with Crippen LogP contribution in [0.2, 0.25) is 0 Å². The minimum atomic E-state index is -0.0357. The summed E-state index contributed by atoms with van der Waals surface area (Å²) >= 11 is 2.25. The number of aromatic nitrogens is 4. The molecule has 0 unspecified atom stereocenters. The average Bonchev–Trinajstić information content (AvgIpc) is 3.59. The van der Waals surface area contributed by atoms with Crippen LogP contribution in [0.15, 0.2) is 36.5 Å². The predicted molar refractivity (Wildman–Crippen MR) is 148 cm³/mol. The lowest BCUT2D eigenvalue weighted by Crippen LogP contribution is -2.36. The van der Waals surface area contributed by atoms with E-state index in [1.165, 1.54) is 0 Å². The number of amides is 2. The number of rotatable bonds is 6. The molecule has 0 aliphatic carbocycles.